The Bertz CT molecular complexity index is 736. The molecule has 0 spiro atoms. The SMILES string of the molecule is Cn1nccc1C(=O)OCC(=O)N[C@H](c1ccccc1)C1CCCCC1. The van der Waals surface area contributed by atoms with Crippen LogP contribution in [0.3, 0.4) is 0 Å². The fourth-order valence-electron chi connectivity index (χ4n) is 3.60. The summed E-state index contributed by atoms with van der Waals surface area (Å²) >= 11 is 0. The van der Waals surface area contributed by atoms with Gasteiger partial charge in [-0.05, 0) is 30.4 Å². The normalized spacial score (nSPS) is 16.0. The predicted molar refractivity (Wildman–Crippen MR) is 97.4 cm³/mol. The van der Waals surface area contributed by atoms with Gasteiger partial charge in [0.15, 0.2) is 6.61 Å². The number of esters is 1. The monoisotopic (exact) mass is 355 g/mol. The van der Waals surface area contributed by atoms with Gasteiger partial charge in [0, 0.05) is 13.2 Å². The van der Waals surface area contributed by atoms with Gasteiger partial charge in [0.1, 0.15) is 5.69 Å². The molecule has 26 heavy (non-hydrogen) atoms. The lowest BCUT2D eigenvalue weighted by Crippen LogP contribution is -2.37. The van der Waals surface area contributed by atoms with Crippen LogP contribution < -0.4 is 5.32 Å². The van der Waals surface area contributed by atoms with Crippen molar-refractivity contribution in [3.05, 3.63) is 53.9 Å². The first-order valence-corrected chi connectivity index (χ1v) is 9.14. The molecule has 1 aromatic heterocycles. The molecule has 1 aliphatic carbocycles. The van der Waals surface area contributed by atoms with E-state index in [1.807, 2.05) is 30.3 Å². The van der Waals surface area contributed by atoms with Crippen LogP contribution in [-0.2, 0) is 16.6 Å². The van der Waals surface area contributed by atoms with E-state index in [4.69, 9.17) is 4.74 Å². The second kappa shape index (κ2) is 8.65. The van der Waals surface area contributed by atoms with E-state index in [0.29, 0.717) is 11.6 Å². The van der Waals surface area contributed by atoms with Gasteiger partial charge in [-0.2, -0.15) is 5.10 Å². The van der Waals surface area contributed by atoms with Gasteiger partial charge < -0.3 is 10.1 Å². The first-order valence-electron chi connectivity index (χ1n) is 9.14. The Morgan fingerprint density at radius 3 is 2.58 bits per heavy atom. The van der Waals surface area contributed by atoms with Crippen LogP contribution in [0.1, 0.15) is 54.2 Å². The van der Waals surface area contributed by atoms with Gasteiger partial charge in [-0.15, -0.1) is 0 Å². The van der Waals surface area contributed by atoms with Crippen molar-refractivity contribution in [2.75, 3.05) is 6.61 Å². The highest BCUT2D eigenvalue weighted by atomic mass is 16.5. The third kappa shape index (κ3) is 4.50. The Balaban J connectivity index is 1.61. The summed E-state index contributed by atoms with van der Waals surface area (Å²) in [7, 11) is 1.66. The summed E-state index contributed by atoms with van der Waals surface area (Å²) in [5, 5.41) is 7.01. The standard InChI is InChI=1S/C20H25N3O3/c1-23-17(12-13-21-23)20(25)26-14-18(24)22-19(15-8-4-2-5-9-15)16-10-6-3-7-11-16/h2,4-5,8-9,12-13,16,19H,3,6-7,10-11,14H2,1H3,(H,22,24)/t19-/m1/s1. The summed E-state index contributed by atoms with van der Waals surface area (Å²) < 4.78 is 6.57. The number of aryl methyl sites for hydroxylation is 1. The van der Waals surface area contributed by atoms with Crippen LogP contribution in [0, 0.1) is 5.92 Å². The molecule has 0 saturated heterocycles. The van der Waals surface area contributed by atoms with Crippen LogP contribution in [0.4, 0.5) is 0 Å². The summed E-state index contributed by atoms with van der Waals surface area (Å²) in [5.74, 6) is -0.406. The van der Waals surface area contributed by atoms with Crippen molar-refractivity contribution in [3.8, 4) is 0 Å². The van der Waals surface area contributed by atoms with Gasteiger partial charge in [0.05, 0.1) is 6.04 Å². The van der Waals surface area contributed by atoms with E-state index in [9.17, 15) is 9.59 Å². The van der Waals surface area contributed by atoms with Gasteiger partial charge in [-0.25, -0.2) is 4.79 Å². The smallest absolute Gasteiger partial charge is 0.357 e. The molecule has 0 bridgehead atoms. The van der Waals surface area contributed by atoms with Gasteiger partial charge in [0.25, 0.3) is 5.91 Å². The highest BCUT2D eigenvalue weighted by Crippen LogP contribution is 2.34. The third-order valence-electron chi connectivity index (χ3n) is 4.96. The summed E-state index contributed by atoms with van der Waals surface area (Å²) in [4.78, 5) is 24.4. The van der Waals surface area contributed by atoms with Crippen LogP contribution in [0.15, 0.2) is 42.6 Å². The summed E-state index contributed by atoms with van der Waals surface area (Å²) in [5.41, 5.74) is 1.43. The number of aromatic nitrogens is 2. The molecule has 1 amide bonds. The second-order valence-electron chi connectivity index (χ2n) is 6.77. The minimum absolute atomic E-state index is 0.0422. The average Bonchev–Trinajstić information content (AvgIpc) is 3.11. The van der Waals surface area contributed by atoms with Crippen molar-refractivity contribution in [1.82, 2.24) is 15.1 Å². The number of carbonyl (C=O) groups is 2. The number of rotatable bonds is 6. The van der Waals surface area contributed by atoms with Crippen molar-refractivity contribution in [1.29, 1.82) is 0 Å². The summed E-state index contributed by atoms with van der Waals surface area (Å²) in [6, 6.07) is 11.6. The van der Waals surface area contributed by atoms with E-state index in [1.54, 1.807) is 13.1 Å². The van der Waals surface area contributed by atoms with E-state index in [1.165, 1.54) is 30.1 Å². The van der Waals surface area contributed by atoms with Crippen LogP contribution in [-0.4, -0.2) is 28.3 Å². The Labute approximate surface area is 153 Å². The molecule has 6 heteroatoms. The number of carbonyl (C=O) groups excluding carboxylic acids is 2. The van der Waals surface area contributed by atoms with Crippen molar-refractivity contribution >= 4 is 11.9 Å². The number of amides is 1. The fourth-order valence-corrected chi connectivity index (χ4v) is 3.60. The Kier molecular flexibility index (Phi) is 6.04. The van der Waals surface area contributed by atoms with Crippen molar-refractivity contribution < 1.29 is 14.3 Å². The van der Waals surface area contributed by atoms with E-state index in [0.717, 1.165) is 18.4 Å². The Morgan fingerprint density at radius 2 is 1.92 bits per heavy atom. The van der Waals surface area contributed by atoms with Crippen LogP contribution in [0.25, 0.3) is 0 Å². The van der Waals surface area contributed by atoms with Crippen molar-refractivity contribution in [2.45, 2.75) is 38.1 Å². The first-order chi connectivity index (χ1) is 12.6. The second-order valence-corrected chi connectivity index (χ2v) is 6.77. The molecular formula is C20H25N3O3. The molecule has 1 fully saturated rings. The highest BCUT2D eigenvalue weighted by molar-refractivity contribution is 5.89. The maximum absolute atomic E-state index is 12.4. The van der Waals surface area contributed by atoms with Gasteiger partial charge in [-0.1, -0.05) is 49.6 Å². The molecule has 1 aromatic carbocycles. The highest BCUT2D eigenvalue weighted by Gasteiger charge is 2.26. The lowest BCUT2D eigenvalue weighted by atomic mass is 9.81. The van der Waals surface area contributed by atoms with E-state index in [2.05, 4.69) is 10.4 Å². The molecule has 3 rings (SSSR count). The molecule has 138 valence electrons. The quantitative estimate of drug-likeness (QED) is 0.809. The molecule has 0 unspecified atom stereocenters. The Morgan fingerprint density at radius 1 is 1.19 bits per heavy atom. The number of benzene rings is 1. The zero-order chi connectivity index (χ0) is 18.4. The molecule has 1 aliphatic rings. The molecule has 6 nitrogen and oxygen atoms in total. The average molecular weight is 355 g/mol. The largest absolute Gasteiger partial charge is 0.451 e. The van der Waals surface area contributed by atoms with Crippen LogP contribution >= 0.6 is 0 Å². The maximum atomic E-state index is 12.4. The lowest BCUT2D eigenvalue weighted by molar-refractivity contribution is -0.125. The molecule has 1 atom stereocenters. The van der Waals surface area contributed by atoms with Crippen LogP contribution in [0.2, 0.25) is 0 Å². The molecule has 0 radical (unpaired) electrons. The minimum Gasteiger partial charge on any atom is -0.451 e. The van der Waals surface area contributed by atoms with Gasteiger partial charge in [-0.3, -0.25) is 9.48 Å². The van der Waals surface area contributed by atoms with E-state index >= 15 is 0 Å². The molecule has 1 saturated carbocycles. The van der Waals surface area contributed by atoms with Crippen molar-refractivity contribution in [2.24, 2.45) is 13.0 Å². The molecular weight excluding hydrogens is 330 g/mol. The minimum atomic E-state index is -0.547. The van der Waals surface area contributed by atoms with Gasteiger partial charge >= 0.3 is 5.97 Å². The number of nitrogens with one attached hydrogen (secondary N) is 1. The number of ether oxygens (including phenoxy) is 1. The topological polar surface area (TPSA) is 73.2 Å². The molecule has 1 heterocycles. The number of hydrogen-bond acceptors (Lipinski definition) is 4. The number of nitrogens with zero attached hydrogens (tertiary/aromatic N) is 2. The maximum Gasteiger partial charge on any atom is 0.357 e. The molecule has 1 N–H and O–H groups in total. The van der Waals surface area contributed by atoms with Gasteiger partial charge in [0.2, 0.25) is 0 Å². The van der Waals surface area contributed by atoms with E-state index < -0.39 is 5.97 Å². The summed E-state index contributed by atoms with van der Waals surface area (Å²) in [6.45, 7) is -0.292. The zero-order valence-corrected chi connectivity index (χ0v) is 15.1. The van der Waals surface area contributed by atoms with E-state index in [-0.39, 0.29) is 18.6 Å². The third-order valence-corrected chi connectivity index (χ3v) is 4.96. The van der Waals surface area contributed by atoms with Crippen LogP contribution in [0.5, 0.6) is 0 Å². The fraction of sp³-hybridized carbons (Fsp3) is 0.450. The molecule has 2 aromatic rings. The Hall–Kier alpha value is -2.63. The zero-order valence-electron chi connectivity index (χ0n) is 15.1. The predicted octanol–water partition coefficient (Wildman–Crippen LogP) is 3.01. The summed E-state index contributed by atoms with van der Waals surface area (Å²) in [6.07, 6.45) is 7.38. The lowest BCUT2D eigenvalue weighted by Gasteiger charge is -2.31. The molecule has 0 aliphatic heterocycles. The first kappa shape index (κ1) is 18.2. The number of hydrogen-bond donors (Lipinski definition) is 1. The van der Waals surface area contributed by atoms with Crippen molar-refractivity contribution in [3.63, 3.8) is 0 Å².